The highest BCUT2D eigenvalue weighted by atomic mass is 19.4. The maximum atomic E-state index is 14.2. The molecule has 0 unspecified atom stereocenters. The molecule has 2 heterocycles. The number of ether oxygens (including phenoxy) is 2. The first kappa shape index (κ1) is 39.8. The van der Waals surface area contributed by atoms with Crippen molar-refractivity contribution in [1.29, 1.82) is 0 Å². The summed E-state index contributed by atoms with van der Waals surface area (Å²) in [6, 6.07) is 11.6. The van der Waals surface area contributed by atoms with Gasteiger partial charge >= 0.3 is 47.4 Å². The zero-order chi connectivity index (χ0) is 37.3. The van der Waals surface area contributed by atoms with Gasteiger partial charge in [-0.3, -0.25) is 9.97 Å². The SMILES string of the molecule is Cc1ccc(-c2ccc(COCC(F)(F)C(F)(F)C(F)(F)C(F)(F)C(F)(F)C(F)(F)C(F)(F)C(F)(F)COCc3ccccc3)cn2)nc1. The number of pyridine rings is 2. The highest BCUT2D eigenvalue weighted by Crippen LogP contribution is 2.63. The van der Waals surface area contributed by atoms with E-state index in [1.54, 1.807) is 13.0 Å². The predicted octanol–water partition coefficient (Wildman–Crippen LogP) is 9.27. The molecule has 1 aromatic carbocycles. The quantitative estimate of drug-likeness (QED) is 0.138. The van der Waals surface area contributed by atoms with E-state index >= 15 is 0 Å². The molecule has 0 amide bonds. The predicted molar refractivity (Wildman–Crippen MR) is 138 cm³/mol. The molecule has 272 valence electrons. The summed E-state index contributed by atoms with van der Waals surface area (Å²) in [7, 11) is 0. The molecule has 0 aliphatic heterocycles. The Bertz CT molecular complexity index is 1530. The molecule has 0 N–H and O–H groups in total. The molecule has 2 aromatic heterocycles. The Kier molecular flexibility index (Phi) is 11.0. The van der Waals surface area contributed by atoms with Gasteiger partial charge in [-0.1, -0.05) is 42.5 Å². The van der Waals surface area contributed by atoms with Gasteiger partial charge in [-0.25, -0.2) is 0 Å². The Hall–Kier alpha value is -3.68. The number of hydrogen-bond acceptors (Lipinski definition) is 4. The number of benzene rings is 1. The standard InChI is InChI=1S/C29H22F16N2O2/c1-17-7-9-20(46-11-17)21-10-8-19(12-47-21)14-49-16-23(32,33)25(36,37)27(40,41)29(44,45)28(42,43)26(38,39)24(34,35)22(30,31)15-48-13-18-5-3-2-4-6-18/h2-12H,13-16H2,1H3. The van der Waals surface area contributed by atoms with Crippen LogP contribution in [0.3, 0.4) is 0 Å². The first-order valence-corrected chi connectivity index (χ1v) is 13.4. The zero-order valence-electron chi connectivity index (χ0n) is 24.4. The van der Waals surface area contributed by atoms with Gasteiger partial charge in [0.05, 0.1) is 24.6 Å². The van der Waals surface area contributed by atoms with Crippen LogP contribution in [0.4, 0.5) is 70.2 Å². The summed E-state index contributed by atoms with van der Waals surface area (Å²) < 4.78 is 235. The van der Waals surface area contributed by atoms with Crippen LogP contribution in [0.15, 0.2) is 67.0 Å². The van der Waals surface area contributed by atoms with Crippen LogP contribution >= 0.6 is 0 Å². The Morgan fingerprint density at radius 1 is 0.449 bits per heavy atom. The number of aryl methyl sites for hydroxylation is 1. The van der Waals surface area contributed by atoms with Crippen LogP contribution in [-0.2, 0) is 22.7 Å². The number of nitrogens with zero attached hydrogens (tertiary/aromatic N) is 2. The van der Waals surface area contributed by atoms with Crippen LogP contribution in [0, 0.1) is 6.92 Å². The second kappa shape index (κ2) is 13.6. The highest BCUT2D eigenvalue weighted by Gasteiger charge is 2.94. The van der Waals surface area contributed by atoms with Gasteiger partial charge in [0, 0.05) is 12.4 Å². The summed E-state index contributed by atoms with van der Waals surface area (Å²) in [6.45, 7) is -6.34. The zero-order valence-corrected chi connectivity index (χ0v) is 24.4. The van der Waals surface area contributed by atoms with E-state index in [4.69, 9.17) is 0 Å². The normalized spacial score (nSPS) is 14.3. The maximum absolute atomic E-state index is 14.2. The topological polar surface area (TPSA) is 44.2 Å². The summed E-state index contributed by atoms with van der Waals surface area (Å²) in [5.41, 5.74) is 0.999. The van der Waals surface area contributed by atoms with E-state index in [2.05, 4.69) is 19.4 Å². The summed E-state index contributed by atoms with van der Waals surface area (Å²) in [5.74, 6) is -62.2. The minimum Gasteiger partial charge on any atom is -0.370 e. The fourth-order valence-electron chi connectivity index (χ4n) is 3.88. The molecule has 0 aliphatic rings. The first-order valence-electron chi connectivity index (χ1n) is 13.4. The van der Waals surface area contributed by atoms with E-state index in [-0.39, 0.29) is 16.8 Å². The van der Waals surface area contributed by atoms with E-state index < -0.39 is 73.8 Å². The largest absolute Gasteiger partial charge is 0.385 e. The molecule has 0 bridgehead atoms. The van der Waals surface area contributed by atoms with Crippen molar-refractivity contribution in [1.82, 2.24) is 9.97 Å². The summed E-state index contributed by atoms with van der Waals surface area (Å²) >= 11 is 0. The molecular weight excluding hydrogens is 712 g/mol. The van der Waals surface area contributed by atoms with Crippen LogP contribution in [0.1, 0.15) is 16.7 Å². The summed E-state index contributed by atoms with van der Waals surface area (Å²) in [6.07, 6.45) is 2.36. The molecule has 3 aromatic rings. The Balaban J connectivity index is 1.77. The van der Waals surface area contributed by atoms with Crippen molar-refractivity contribution in [3.05, 3.63) is 83.7 Å². The second-order valence-electron chi connectivity index (χ2n) is 10.6. The Labute approximate surface area is 266 Å². The number of rotatable bonds is 16. The minimum absolute atomic E-state index is 0.0674. The van der Waals surface area contributed by atoms with E-state index in [0.29, 0.717) is 5.69 Å². The number of halogens is 16. The van der Waals surface area contributed by atoms with Crippen molar-refractivity contribution >= 4 is 0 Å². The Morgan fingerprint density at radius 2 is 0.837 bits per heavy atom. The van der Waals surface area contributed by atoms with Gasteiger partial charge in [0.2, 0.25) is 0 Å². The van der Waals surface area contributed by atoms with E-state index in [1.807, 2.05) is 0 Å². The maximum Gasteiger partial charge on any atom is 0.385 e. The second-order valence-corrected chi connectivity index (χ2v) is 10.6. The lowest BCUT2D eigenvalue weighted by Gasteiger charge is -2.43. The van der Waals surface area contributed by atoms with Crippen molar-refractivity contribution in [2.75, 3.05) is 13.2 Å². The molecule has 0 spiro atoms. The van der Waals surface area contributed by atoms with Crippen LogP contribution in [-0.4, -0.2) is 70.6 Å². The third-order valence-corrected chi connectivity index (χ3v) is 6.84. The molecule has 0 radical (unpaired) electrons. The van der Waals surface area contributed by atoms with E-state index in [1.165, 1.54) is 36.5 Å². The van der Waals surface area contributed by atoms with Gasteiger partial charge in [0.1, 0.15) is 13.2 Å². The lowest BCUT2D eigenvalue weighted by atomic mass is 9.88. The number of hydrogen-bond donors (Lipinski definition) is 0. The molecule has 4 nitrogen and oxygen atoms in total. The molecule has 49 heavy (non-hydrogen) atoms. The lowest BCUT2D eigenvalue weighted by Crippen LogP contribution is -2.75. The third kappa shape index (κ3) is 7.16. The highest BCUT2D eigenvalue weighted by molar-refractivity contribution is 5.53. The minimum atomic E-state index is -8.52. The smallest absolute Gasteiger partial charge is 0.370 e. The van der Waals surface area contributed by atoms with Gasteiger partial charge < -0.3 is 9.47 Å². The fourth-order valence-corrected chi connectivity index (χ4v) is 3.88. The van der Waals surface area contributed by atoms with Crippen LogP contribution in [0.25, 0.3) is 11.4 Å². The van der Waals surface area contributed by atoms with Gasteiger partial charge in [0.15, 0.2) is 0 Å². The molecule has 20 heteroatoms. The van der Waals surface area contributed by atoms with E-state index in [9.17, 15) is 70.2 Å². The summed E-state index contributed by atoms with van der Waals surface area (Å²) in [4.78, 5) is 7.89. The van der Waals surface area contributed by atoms with Crippen molar-refractivity contribution in [3.63, 3.8) is 0 Å². The van der Waals surface area contributed by atoms with E-state index in [0.717, 1.165) is 30.0 Å². The van der Waals surface area contributed by atoms with Crippen molar-refractivity contribution < 1.29 is 79.7 Å². The molecule has 0 saturated heterocycles. The monoisotopic (exact) mass is 734 g/mol. The molecule has 3 rings (SSSR count). The van der Waals surface area contributed by atoms with Crippen LogP contribution < -0.4 is 0 Å². The fraction of sp³-hybridized carbons (Fsp3) is 0.448. The average Bonchev–Trinajstić information content (AvgIpc) is 3.01. The van der Waals surface area contributed by atoms with Crippen molar-refractivity contribution in [2.24, 2.45) is 0 Å². The lowest BCUT2D eigenvalue weighted by molar-refractivity contribution is -0.455. The summed E-state index contributed by atoms with van der Waals surface area (Å²) in [5, 5.41) is 0. The molecule has 0 atom stereocenters. The van der Waals surface area contributed by atoms with Gasteiger partial charge in [-0.15, -0.1) is 0 Å². The number of aromatic nitrogens is 2. The third-order valence-electron chi connectivity index (χ3n) is 6.84. The van der Waals surface area contributed by atoms with Crippen LogP contribution in [0.2, 0.25) is 0 Å². The van der Waals surface area contributed by atoms with Gasteiger partial charge in [0.25, 0.3) is 0 Å². The van der Waals surface area contributed by atoms with Crippen LogP contribution in [0.5, 0.6) is 0 Å². The first-order chi connectivity index (χ1) is 22.3. The van der Waals surface area contributed by atoms with Crippen molar-refractivity contribution in [3.8, 4) is 11.4 Å². The van der Waals surface area contributed by atoms with Gasteiger partial charge in [-0.2, -0.15) is 70.2 Å². The van der Waals surface area contributed by atoms with Crippen molar-refractivity contribution in [2.45, 2.75) is 67.5 Å². The van der Waals surface area contributed by atoms with Gasteiger partial charge in [-0.05, 0) is 35.7 Å². The molecule has 0 fully saturated rings. The molecule has 0 saturated carbocycles. The number of alkyl halides is 16. The molecular formula is C29H22F16N2O2. The Morgan fingerprint density at radius 3 is 1.22 bits per heavy atom. The molecule has 0 aliphatic carbocycles. The average molecular weight is 734 g/mol.